The van der Waals surface area contributed by atoms with Crippen molar-refractivity contribution >= 4 is 55.9 Å². The lowest BCUT2D eigenvalue weighted by molar-refractivity contribution is -0.131. The number of carbonyl (C=O) groups is 3. The summed E-state index contributed by atoms with van der Waals surface area (Å²) in [7, 11) is -0.962. The van der Waals surface area contributed by atoms with E-state index in [-0.39, 0.29) is 52.8 Å². The van der Waals surface area contributed by atoms with Crippen LogP contribution in [-0.2, 0) is 30.7 Å². The minimum Gasteiger partial charge on any atom is -0.464 e. The molecule has 5 N–H and O–H groups in total. The highest BCUT2D eigenvalue weighted by Gasteiger charge is 2.33. The maximum atomic E-state index is 15.4. The summed E-state index contributed by atoms with van der Waals surface area (Å²) in [6.07, 6.45) is -2.13. The molecule has 1 aromatic heterocycles. The summed E-state index contributed by atoms with van der Waals surface area (Å²) in [5.41, 5.74) is 8.06. The van der Waals surface area contributed by atoms with Crippen LogP contribution in [0.25, 0.3) is 10.8 Å². The van der Waals surface area contributed by atoms with Gasteiger partial charge in [0.1, 0.15) is 17.5 Å². The second-order valence-corrected chi connectivity index (χ2v) is 16.8. The Hall–Kier alpha value is -5.32. The van der Waals surface area contributed by atoms with Crippen molar-refractivity contribution in [2.24, 2.45) is 0 Å². The Morgan fingerprint density at radius 3 is 2.33 bits per heavy atom. The average molecular weight is 782 g/mol. The second-order valence-electron chi connectivity index (χ2n) is 14.4. The zero-order chi connectivity index (χ0) is 41.0. The lowest BCUT2D eigenvalue weighted by Gasteiger charge is -2.28. The van der Waals surface area contributed by atoms with E-state index in [2.05, 4.69) is 10.3 Å². The molecule has 3 amide bonds. The molecule has 0 fully saturated rings. The number of methoxy groups -OCH3 is 1. The smallest absolute Gasteiger partial charge is 0.425 e. The fraction of sp³-hybridized carbons (Fsp3) is 0.385. The molecule has 0 aliphatic carbocycles. The number of anilines is 3. The quantitative estimate of drug-likeness (QED) is 0.109. The predicted octanol–water partition coefficient (Wildman–Crippen LogP) is 6.40. The lowest BCUT2D eigenvalue weighted by atomic mass is 9.93. The van der Waals surface area contributed by atoms with Crippen LogP contribution in [0, 0.1) is 12.7 Å². The van der Waals surface area contributed by atoms with E-state index in [0.717, 1.165) is 17.3 Å². The van der Waals surface area contributed by atoms with Crippen LogP contribution in [0.3, 0.4) is 0 Å². The number of aromatic nitrogens is 1. The maximum Gasteiger partial charge on any atom is 0.425 e. The Bertz CT molecular complexity index is 2190. The van der Waals surface area contributed by atoms with Gasteiger partial charge in [0, 0.05) is 55.4 Å². The number of carboxylic acid groups (broad SMARTS) is 1. The maximum absolute atomic E-state index is 15.4. The normalized spacial score (nSPS) is 13.5. The zero-order valence-corrected chi connectivity index (χ0v) is 32.9. The minimum absolute atomic E-state index is 0.00445. The van der Waals surface area contributed by atoms with Gasteiger partial charge in [-0.3, -0.25) is 4.79 Å². The number of amides is 3. The van der Waals surface area contributed by atoms with Crippen LogP contribution in [-0.4, -0.2) is 84.8 Å². The van der Waals surface area contributed by atoms with Crippen LogP contribution in [0.1, 0.15) is 68.8 Å². The molecule has 296 valence electrons. The number of aryl methyl sites for hydroxylation is 1. The Labute approximate surface area is 320 Å². The van der Waals surface area contributed by atoms with Crippen LogP contribution in [0.15, 0.2) is 65.7 Å². The van der Waals surface area contributed by atoms with Crippen molar-refractivity contribution in [2.45, 2.75) is 75.8 Å². The first-order chi connectivity index (χ1) is 25.7. The Balaban J connectivity index is 1.80. The molecule has 1 unspecified atom stereocenters. The molecule has 14 nitrogen and oxygen atoms in total. The number of nitrogen functional groups attached to an aromatic ring is 1. The van der Waals surface area contributed by atoms with Gasteiger partial charge in [-0.2, -0.15) is 4.90 Å². The molecule has 4 rings (SSSR count). The van der Waals surface area contributed by atoms with Gasteiger partial charge in [-0.15, -0.1) is 0 Å². The summed E-state index contributed by atoms with van der Waals surface area (Å²) >= 11 is 0. The van der Waals surface area contributed by atoms with E-state index in [0.29, 0.717) is 21.7 Å². The standard InChI is InChI=1S/C39H48FN5O9S/c1-22-15-25(9-12-29(22)23(2)20-46)34(36(47)44(7)19-26-16-27(41)10-14-33(26)55(51,52)24(3)21-53-8)43-28-11-13-30-31(17-28)32(40)18-42-35(30)45(37(48)49)38(50)54-39(4,5)6/h9-18,23-24,34,43,46H,19-21,41H2,1-8H3,(H,48,49)/t23-,24-,34?/m0/s1. The van der Waals surface area contributed by atoms with Gasteiger partial charge in [-0.25, -0.2) is 27.4 Å². The Morgan fingerprint density at radius 2 is 1.73 bits per heavy atom. The number of hydrogen-bond acceptors (Lipinski definition) is 11. The van der Waals surface area contributed by atoms with Gasteiger partial charge >= 0.3 is 12.2 Å². The molecule has 0 aliphatic heterocycles. The van der Waals surface area contributed by atoms with Gasteiger partial charge in [-0.05, 0) is 93.3 Å². The van der Waals surface area contributed by atoms with E-state index < -0.39 is 50.6 Å². The molecule has 4 aromatic rings. The Kier molecular flexibility index (Phi) is 13.1. The number of rotatable bonds is 13. The molecule has 0 radical (unpaired) electrons. The average Bonchev–Trinajstić information content (AvgIpc) is 3.10. The Morgan fingerprint density at radius 1 is 1.04 bits per heavy atom. The molecule has 1 heterocycles. The minimum atomic E-state index is -3.88. The van der Waals surface area contributed by atoms with Crippen LogP contribution < -0.4 is 16.0 Å². The number of nitrogens with two attached hydrogens (primary N) is 1. The van der Waals surface area contributed by atoms with E-state index in [1.807, 2.05) is 19.9 Å². The third kappa shape index (κ3) is 9.68. The number of sulfone groups is 1. The summed E-state index contributed by atoms with van der Waals surface area (Å²) in [5, 5.41) is 21.9. The molecule has 3 aromatic carbocycles. The second kappa shape index (κ2) is 17.0. The molecule has 0 saturated heterocycles. The molecular formula is C39H48FN5O9S. The SMILES string of the molecule is COC[C@H](C)S(=O)(=O)c1ccc(N)cc1CN(C)C(=O)C(Nc1ccc2c(N(C(=O)O)C(=O)OC(C)(C)C)ncc(F)c2c1)c1ccc([C@@H](C)CO)c(C)c1. The number of likely N-dealkylation sites (N-methyl/N-ethyl adjacent to an activating group) is 1. The van der Waals surface area contributed by atoms with E-state index in [1.165, 1.54) is 62.4 Å². The number of pyridine rings is 1. The highest BCUT2D eigenvalue weighted by molar-refractivity contribution is 7.92. The molecule has 16 heteroatoms. The van der Waals surface area contributed by atoms with Gasteiger partial charge in [0.25, 0.3) is 0 Å². The van der Waals surface area contributed by atoms with Crippen LogP contribution in [0.2, 0.25) is 0 Å². The number of aliphatic hydroxyl groups is 1. The van der Waals surface area contributed by atoms with Crippen LogP contribution >= 0.6 is 0 Å². The van der Waals surface area contributed by atoms with Crippen molar-refractivity contribution in [2.75, 3.05) is 43.3 Å². The molecular weight excluding hydrogens is 734 g/mol. The van der Waals surface area contributed by atoms with E-state index in [1.54, 1.807) is 32.9 Å². The van der Waals surface area contributed by atoms with E-state index in [9.17, 15) is 33.0 Å². The molecule has 0 aliphatic rings. The monoisotopic (exact) mass is 781 g/mol. The first kappa shape index (κ1) is 42.4. The van der Waals surface area contributed by atoms with Crippen molar-refractivity contribution in [3.8, 4) is 0 Å². The summed E-state index contributed by atoms with van der Waals surface area (Å²) in [6, 6.07) is 12.8. The third-order valence-corrected chi connectivity index (χ3v) is 11.1. The highest BCUT2D eigenvalue weighted by Crippen LogP contribution is 2.33. The zero-order valence-electron chi connectivity index (χ0n) is 32.1. The van der Waals surface area contributed by atoms with E-state index in [4.69, 9.17) is 15.2 Å². The number of imide groups is 1. The fourth-order valence-corrected chi connectivity index (χ4v) is 7.60. The number of benzene rings is 3. The number of halogens is 1. The van der Waals surface area contributed by atoms with Crippen molar-refractivity contribution in [3.05, 3.63) is 88.9 Å². The largest absolute Gasteiger partial charge is 0.464 e. The van der Waals surface area contributed by atoms with Gasteiger partial charge in [0.15, 0.2) is 15.7 Å². The third-order valence-electron chi connectivity index (χ3n) is 8.89. The summed E-state index contributed by atoms with van der Waals surface area (Å²) in [4.78, 5) is 45.2. The number of hydrogen-bond donors (Lipinski definition) is 4. The number of nitrogens with zero attached hydrogens (tertiary/aromatic N) is 3. The van der Waals surface area contributed by atoms with Crippen molar-refractivity contribution in [1.82, 2.24) is 9.88 Å². The van der Waals surface area contributed by atoms with Crippen molar-refractivity contribution < 1.29 is 46.9 Å². The highest BCUT2D eigenvalue weighted by atomic mass is 32.2. The predicted molar refractivity (Wildman–Crippen MR) is 207 cm³/mol. The first-order valence-electron chi connectivity index (χ1n) is 17.4. The topological polar surface area (TPSA) is 202 Å². The first-order valence-corrected chi connectivity index (χ1v) is 18.9. The van der Waals surface area contributed by atoms with E-state index >= 15 is 4.39 Å². The lowest BCUT2D eigenvalue weighted by Crippen LogP contribution is -2.40. The number of nitrogens with one attached hydrogen (secondary N) is 1. The fourth-order valence-electron chi connectivity index (χ4n) is 6.10. The molecule has 3 atom stereocenters. The summed E-state index contributed by atoms with van der Waals surface area (Å²) in [6.45, 7) is 9.65. The van der Waals surface area contributed by atoms with Crippen molar-refractivity contribution in [3.63, 3.8) is 0 Å². The van der Waals surface area contributed by atoms with Crippen LogP contribution in [0.4, 0.5) is 31.2 Å². The van der Waals surface area contributed by atoms with Crippen molar-refractivity contribution in [1.29, 1.82) is 0 Å². The van der Waals surface area contributed by atoms with Gasteiger partial charge in [0.2, 0.25) is 5.91 Å². The van der Waals surface area contributed by atoms with Gasteiger partial charge < -0.3 is 35.6 Å². The molecule has 0 saturated carbocycles. The summed E-state index contributed by atoms with van der Waals surface area (Å²) < 4.78 is 52.8. The number of carbonyl (C=O) groups excluding carboxylic acids is 2. The molecule has 0 spiro atoms. The molecule has 0 bridgehead atoms. The molecule has 55 heavy (non-hydrogen) atoms. The number of fused-ring (bicyclic) bond motifs is 1. The van der Waals surface area contributed by atoms with Crippen LogP contribution in [0.5, 0.6) is 0 Å². The van der Waals surface area contributed by atoms with Gasteiger partial charge in [-0.1, -0.05) is 25.1 Å². The number of ether oxygens (including phenoxy) is 2. The number of aliphatic hydroxyl groups excluding tert-OH is 1. The van der Waals surface area contributed by atoms with Gasteiger partial charge in [0.05, 0.1) is 22.9 Å². The summed E-state index contributed by atoms with van der Waals surface area (Å²) in [5.74, 6) is -1.88.